The number of urea groups is 1. The third-order valence-corrected chi connectivity index (χ3v) is 6.06. The largest absolute Gasteiger partial charge is 0.480 e. The van der Waals surface area contributed by atoms with E-state index in [9.17, 15) is 23.9 Å². The van der Waals surface area contributed by atoms with Crippen LogP contribution < -0.4 is 16.0 Å². The Morgan fingerprint density at radius 1 is 0.970 bits per heavy atom. The Labute approximate surface area is 192 Å². The average Bonchev–Trinajstić information content (AvgIpc) is 2.75. The van der Waals surface area contributed by atoms with E-state index in [0.717, 1.165) is 60.9 Å². The number of carboxylic acids is 1. The topological polar surface area (TPSA) is 108 Å². The summed E-state index contributed by atoms with van der Waals surface area (Å²) in [4.78, 5) is 37.4. The van der Waals surface area contributed by atoms with Crippen molar-refractivity contribution < 1.29 is 23.9 Å². The number of anilines is 2. The molecule has 7 nitrogen and oxygen atoms in total. The number of halogens is 1. The predicted octanol–water partition coefficient (Wildman–Crippen LogP) is 5.16. The summed E-state index contributed by atoms with van der Waals surface area (Å²) in [6, 6.07) is 5.57. The number of carbonyl (C=O) groups excluding carboxylic acids is 2. The van der Waals surface area contributed by atoms with E-state index in [-0.39, 0.29) is 17.2 Å². The van der Waals surface area contributed by atoms with Crippen molar-refractivity contribution in [3.8, 4) is 0 Å². The van der Waals surface area contributed by atoms with Crippen LogP contribution in [0.15, 0.2) is 30.3 Å². The van der Waals surface area contributed by atoms with Crippen molar-refractivity contribution in [3.05, 3.63) is 58.4 Å². The summed E-state index contributed by atoms with van der Waals surface area (Å²) in [7, 11) is 0. The van der Waals surface area contributed by atoms with Crippen molar-refractivity contribution in [2.24, 2.45) is 5.92 Å². The summed E-state index contributed by atoms with van der Waals surface area (Å²) in [5.41, 5.74) is 3.38. The van der Waals surface area contributed by atoms with Crippen LogP contribution in [0.1, 0.15) is 59.2 Å². The Kier molecular flexibility index (Phi) is 7.68. The smallest absolute Gasteiger partial charge is 0.326 e. The highest BCUT2D eigenvalue weighted by Gasteiger charge is 2.31. The normalized spacial score (nSPS) is 14.9. The van der Waals surface area contributed by atoms with Gasteiger partial charge in [-0.05, 0) is 68.9 Å². The molecular formula is C25H30FN3O4. The number of carboxylic acid groups (broad SMARTS) is 1. The van der Waals surface area contributed by atoms with Gasteiger partial charge in [0.05, 0.1) is 11.3 Å². The zero-order valence-electron chi connectivity index (χ0n) is 19.1. The molecule has 3 rings (SSSR count). The average molecular weight is 456 g/mol. The number of hydrogen-bond donors (Lipinski definition) is 4. The van der Waals surface area contributed by atoms with Crippen molar-refractivity contribution in [1.29, 1.82) is 0 Å². The molecule has 1 fully saturated rings. The Morgan fingerprint density at radius 3 is 2.21 bits per heavy atom. The molecule has 0 saturated heterocycles. The van der Waals surface area contributed by atoms with Crippen LogP contribution in [0.3, 0.4) is 0 Å². The fourth-order valence-corrected chi connectivity index (χ4v) is 4.53. The standard InChI is InChI=1S/C25H30FN3O4/c1-14-11-15(2)21(16(3)12-14)29-25(33)27-20-13-18(26)9-10-19(20)23(30)28-22(24(31)32)17-7-5-4-6-8-17/h9-13,17,22H,4-8H2,1-3H3,(H,28,30)(H,31,32)(H2,27,29,33). The molecule has 8 heteroatoms. The molecule has 2 aromatic rings. The molecule has 176 valence electrons. The molecule has 4 N–H and O–H groups in total. The van der Waals surface area contributed by atoms with Gasteiger partial charge in [0.25, 0.3) is 5.91 Å². The van der Waals surface area contributed by atoms with Crippen LogP contribution in [0.5, 0.6) is 0 Å². The van der Waals surface area contributed by atoms with Gasteiger partial charge in [0.1, 0.15) is 11.9 Å². The quantitative estimate of drug-likeness (QED) is 0.483. The van der Waals surface area contributed by atoms with Crippen molar-refractivity contribution in [2.75, 3.05) is 10.6 Å². The minimum atomic E-state index is -1.10. The number of carbonyl (C=O) groups is 3. The molecule has 0 bridgehead atoms. The first-order chi connectivity index (χ1) is 15.7. The van der Waals surface area contributed by atoms with Crippen LogP contribution in [0.4, 0.5) is 20.6 Å². The SMILES string of the molecule is Cc1cc(C)c(NC(=O)Nc2cc(F)ccc2C(=O)NC(C(=O)O)C2CCCCC2)c(C)c1. The van der Waals surface area contributed by atoms with E-state index in [2.05, 4.69) is 16.0 Å². The summed E-state index contributed by atoms with van der Waals surface area (Å²) < 4.78 is 13.9. The molecule has 1 aliphatic rings. The third kappa shape index (κ3) is 6.09. The summed E-state index contributed by atoms with van der Waals surface area (Å²) in [6.07, 6.45) is 4.35. The lowest BCUT2D eigenvalue weighted by molar-refractivity contribution is -0.141. The Hall–Kier alpha value is -3.42. The monoisotopic (exact) mass is 455 g/mol. The highest BCUT2D eigenvalue weighted by Crippen LogP contribution is 2.28. The minimum Gasteiger partial charge on any atom is -0.480 e. The van der Waals surface area contributed by atoms with Gasteiger partial charge in [-0.15, -0.1) is 0 Å². The first kappa shape index (κ1) is 24.2. The number of benzene rings is 2. The lowest BCUT2D eigenvalue weighted by Gasteiger charge is -2.28. The number of aliphatic carboxylic acids is 1. The van der Waals surface area contributed by atoms with Crippen molar-refractivity contribution in [3.63, 3.8) is 0 Å². The summed E-state index contributed by atoms with van der Waals surface area (Å²) in [5.74, 6) is -2.57. The second-order valence-electron chi connectivity index (χ2n) is 8.73. The van der Waals surface area contributed by atoms with Crippen LogP contribution in [0.2, 0.25) is 0 Å². The van der Waals surface area contributed by atoms with E-state index in [1.807, 2.05) is 32.9 Å². The van der Waals surface area contributed by atoms with Crippen LogP contribution in [-0.4, -0.2) is 29.1 Å². The Bertz CT molecular complexity index is 1040. The van der Waals surface area contributed by atoms with Crippen LogP contribution in [0.25, 0.3) is 0 Å². The number of aryl methyl sites for hydroxylation is 3. The highest BCUT2D eigenvalue weighted by atomic mass is 19.1. The predicted molar refractivity (Wildman–Crippen MR) is 125 cm³/mol. The molecule has 1 aliphatic carbocycles. The van der Waals surface area contributed by atoms with Gasteiger partial charge in [-0.2, -0.15) is 0 Å². The van der Waals surface area contributed by atoms with Crippen molar-refractivity contribution in [2.45, 2.75) is 58.9 Å². The first-order valence-electron chi connectivity index (χ1n) is 11.1. The fraction of sp³-hybridized carbons (Fsp3) is 0.400. The van der Waals surface area contributed by atoms with Crippen LogP contribution in [0, 0.1) is 32.5 Å². The molecule has 1 unspecified atom stereocenters. The van der Waals surface area contributed by atoms with Gasteiger partial charge in [0, 0.05) is 5.69 Å². The lowest BCUT2D eigenvalue weighted by Crippen LogP contribution is -2.46. The molecule has 0 radical (unpaired) electrons. The maximum absolute atomic E-state index is 13.9. The number of amides is 3. The van der Waals surface area contributed by atoms with Gasteiger partial charge >= 0.3 is 12.0 Å². The Morgan fingerprint density at radius 2 is 1.61 bits per heavy atom. The Balaban J connectivity index is 1.79. The van der Waals surface area contributed by atoms with Crippen molar-refractivity contribution >= 4 is 29.3 Å². The number of nitrogens with one attached hydrogen (secondary N) is 3. The van der Waals surface area contributed by atoms with Gasteiger partial charge in [-0.3, -0.25) is 4.79 Å². The molecule has 33 heavy (non-hydrogen) atoms. The maximum atomic E-state index is 13.9. The molecule has 3 amide bonds. The lowest BCUT2D eigenvalue weighted by atomic mass is 9.84. The highest BCUT2D eigenvalue weighted by molar-refractivity contribution is 6.07. The second-order valence-corrected chi connectivity index (χ2v) is 8.73. The first-order valence-corrected chi connectivity index (χ1v) is 11.1. The molecule has 0 heterocycles. The van der Waals surface area contributed by atoms with Crippen LogP contribution in [-0.2, 0) is 4.79 Å². The summed E-state index contributed by atoms with van der Waals surface area (Å²) >= 11 is 0. The van der Waals surface area contributed by atoms with Gasteiger partial charge < -0.3 is 21.1 Å². The van der Waals surface area contributed by atoms with Gasteiger partial charge in [0.2, 0.25) is 0 Å². The number of hydrogen-bond acceptors (Lipinski definition) is 3. The molecule has 1 atom stereocenters. The molecule has 0 aliphatic heterocycles. The molecule has 2 aromatic carbocycles. The maximum Gasteiger partial charge on any atom is 0.326 e. The molecule has 1 saturated carbocycles. The third-order valence-electron chi connectivity index (χ3n) is 6.06. The fourth-order valence-electron chi connectivity index (χ4n) is 4.53. The zero-order chi connectivity index (χ0) is 24.1. The van der Waals surface area contributed by atoms with E-state index < -0.39 is 29.8 Å². The van der Waals surface area contributed by atoms with E-state index in [0.29, 0.717) is 5.69 Å². The van der Waals surface area contributed by atoms with Crippen LogP contribution >= 0.6 is 0 Å². The van der Waals surface area contributed by atoms with E-state index >= 15 is 0 Å². The van der Waals surface area contributed by atoms with Gasteiger partial charge in [-0.25, -0.2) is 14.0 Å². The molecular weight excluding hydrogens is 425 g/mol. The van der Waals surface area contributed by atoms with E-state index in [1.165, 1.54) is 6.07 Å². The van der Waals surface area contributed by atoms with Crippen molar-refractivity contribution in [1.82, 2.24) is 5.32 Å². The van der Waals surface area contributed by atoms with E-state index in [1.54, 1.807) is 0 Å². The van der Waals surface area contributed by atoms with Gasteiger partial charge in [0.15, 0.2) is 0 Å². The number of rotatable bonds is 6. The summed E-state index contributed by atoms with van der Waals surface area (Å²) in [5, 5.41) is 17.5. The van der Waals surface area contributed by atoms with Gasteiger partial charge in [-0.1, -0.05) is 37.0 Å². The van der Waals surface area contributed by atoms with E-state index in [4.69, 9.17) is 0 Å². The second kappa shape index (κ2) is 10.5. The molecule has 0 spiro atoms. The summed E-state index contributed by atoms with van der Waals surface area (Å²) in [6.45, 7) is 5.70. The minimum absolute atomic E-state index is 0.00837. The zero-order valence-corrected chi connectivity index (χ0v) is 19.1. The molecule has 0 aromatic heterocycles.